The van der Waals surface area contributed by atoms with Crippen LogP contribution in [0.4, 0.5) is 0 Å². The Labute approximate surface area is 172 Å². The van der Waals surface area contributed by atoms with Gasteiger partial charge in [-0.25, -0.2) is 5.10 Å². The van der Waals surface area contributed by atoms with E-state index in [9.17, 15) is 9.59 Å². The van der Waals surface area contributed by atoms with E-state index in [-0.39, 0.29) is 23.2 Å². The molecule has 2 N–H and O–H groups in total. The molecule has 1 aliphatic rings. The van der Waals surface area contributed by atoms with Crippen LogP contribution in [0.2, 0.25) is 0 Å². The summed E-state index contributed by atoms with van der Waals surface area (Å²) in [6.45, 7) is 0.711. The number of hydrogen-bond acceptors (Lipinski definition) is 4. The molecule has 0 aliphatic heterocycles. The molecule has 2 aromatic heterocycles. The topological polar surface area (TPSA) is 92.7 Å². The quantitative estimate of drug-likeness (QED) is 0.552. The van der Waals surface area contributed by atoms with Crippen molar-refractivity contribution in [1.29, 1.82) is 0 Å². The zero-order valence-electron chi connectivity index (χ0n) is 16.3. The highest BCUT2D eigenvalue weighted by Gasteiger charge is 2.27. The van der Waals surface area contributed by atoms with Gasteiger partial charge in [0.2, 0.25) is 0 Å². The number of aromatic amines is 1. The third-order valence-corrected chi connectivity index (χ3v) is 5.65. The molecule has 4 aromatic rings. The molecule has 0 saturated heterocycles. The molecular weight excluding hydrogens is 378 g/mol. The van der Waals surface area contributed by atoms with Gasteiger partial charge in [0, 0.05) is 16.6 Å². The van der Waals surface area contributed by atoms with Gasteiger partial charge in [-0.15, -0.1) is 0 Å². The Morgan fingerprint density at radius 1 is 1.10 bits per heavy atom. The molecule has 0 radical (unpaired) electrons. The van der Waals surface area contributed by atoms with E-state index in [1.165, 1.54) is 5.56 Å². The smallest absolute Gasteiger partial charge is 0.272 e. The first-order chi connectivity index (χ1) is 14.7. The largest absolute Gasteiger partial charge is 0.344 e. The Balaban J connectivity index is 1.42. The molecule has 5 rings (SSSR count). The maximum atomic E-state index is 13.0. The van der Waals surface area contributed by atoms with Crippen molar-refractivity contribution >= 4 is 16.7 Å². The maximum Gasteiger partial charge on any atom is 0.272 e. The van der Waals surface area contributed by atoms with Gasteiger partial charge in [0.15, 0.2) is 5.69 Å². The molecule has 1 aliphatic carbocycles. The molecule has 150 valence electrons. The highest BCUT2D eigenvalue weighted by Crippen LogP contribution is 2.30. The van der Waals surface area contributed by atoms with Crippen molar-refractivity contribution in [1.82, 2.24) is 25.3 Å². The third kappa shape index (κ3) is 3.28. The van der Waals surface area contributed by atoms with E-state index in [2.05, 4.69) is 32.7 Å². The highest BCUT2D eigenvalue weighted by atomic mass is 16.2. The summed E-state index contributed by atoms with van der Waals surface area (Å²) in [7, 11) is 0. The Kier molecular flexibility index (Phi) is 4.63. The highest BCUT2D eigenvalue weighted by molar-refractivity contribution is 6.04. The summed E-state index contributed by atoms with van der Waals surface area (Å²) in [6.07, 6.45) is 4.62. The lowest BCUT2D eigenvalue weighted by atomic mass is 9.92. The molecule has 0 fully saturated rings. The number of aromatic nitrogens is 4. The predicted octanol–water partition coefficient (Wildman–Crippen LogP) is 2.98. The Hall–Kier alpha value is -3.74. The van der Waals surface area contributed by atoms with Crippen molar-refractivity contribution in [2.75, 3.05) is 0 Å². The van der Waals surface area contributed by atoms with Crippen LogP contribution in [-0.4, -0.2) is 25.9 Å². The first kappa shape index (κ1) is 18.3. The molecule has 0 saturated carbocycles. The fraction of sp³-hybridized carbons (Fsp3) is 0.217. The van der Waals surface area contributed by atoms with E-state index in [0.717, 1.165) is 30.5 Å². The van der Waals surface area contributed by atoms with Gasteiger partial charge in [-0.3, -0.25) is 14.3 Å². The summed E-state index contributed by atoms with van der Waals surface area (Å²) in [5, 5.41) is 15.1. The molecule has 30 heavy (non-hydrogen) atoms. The van der Waals surface area contributed by atoms with E-state index in [4.69, 9.17) is 0 Å². The summed E-state index contributed by atoms with van der Waals surface area (Å²) >= 11 is 0. The van der Waals surface area contributed by atoms with Crippen molar-refractivity contribution in [2.24, 2.45) is 0 Å². The summed E-state index contributed by atoms with van der Waals surface area (Å²) in [5.41, 5.74) is 3.34. The third-order valence-electron chi connectivity index (χ3n) is 5.65. The zero-order valence-corrected chi connectivity index (χ0v) is 16.3. The van der Waals surface area contributed by atoms with Crippen LogP contribution in [0.1, 0.15) is 46.2 Å². The first-order valence-corrected chi connectivity index (χ1v) is 10.1. The summed E-state index contributed by atoms with van der Waals surface area (Å²) in [6, 6.07) is 17.1. The van der Waals surface area contributed by atoms with E-state index >= 15 is 0 Å². The molecule has 0 bridgehead atoms. The molecule has 0 spiro atoms. The zero-order chi connectivity index (χ0) is 20.5. The normalized spacial score (nSPS) is 15.7. The summed E-state index contributed by atoms with van der Waals surface area (Å²) in [4.78, 5) is 25.0. The lowest BCUT2D eigenvalue weighted by molar-refractivity contribution is 0.0928. The van der Waals surface area contributed by atoms with Crippen LogP contribution in [0, 0.1) is 0 Å². The lowest BCUT2D eigenvalue weighted by Crippen LogP contribution is -2.32. The predicted molar refractivity (Wildman–Crippen MR) is 113 cm³/mol. The second-order valence-corrected chi connectivity index (χ2v) is 7.56. The van der Waals surface area contributed by atoms with Crippen molar-refractivity contribution in [3.8, 4) is 0 Å². The Bertz CT molecular complexity index is 1280. The van der Waals surface area contributed by atoms with E-state index in [1.807, 2.05) is 29.1 Å². The van der Waals surface area contributed by atoms with Crippen LogP contribution in [-0.2, 0) is 13.0 Å². The van der Waals surface area contributed by atoms with Crippen LogP contribution >= 0.6 is 0 Å². The van der Waals surface area contributed by atoms with Gasteiger partial charge in [-0.1, -0.05) is 48.5 Å². The Morgan fingerprint density at radius 3 is 2.70 bits per heavy atom. The maximum absolute atomic E-state index is 13.0. The summed E-state index contributed by atoms with van der Waals surface area (Å²) < 4.78 is 2.02. The monoisotopic (exact) mass is 399 g/mol. The average Bonchev–Trinajstić information content (AvgIpc) is 3.19. The van der Waals surface area contributed by atoms with Gasteiger partial charge < -0.3 is 5.32 Å². The number of carbonyl (C=O) groups excluding carboxylic acids is 1. The van der Waals surface area contributed by atoms with E-state index in [1.54, 1.807) is 24.3 Å². The number of carbonyl (C=O) groups is 1. The standard InChI is InChI=1S/C23H21N5O2/c29-22-17-10-5-4-9-16(17)21(26-27-22)23(30)25-19-11-6-12-20-18(19)13-24-28(20)14-15-7-2-1-3-8-15/h1-5,7-10,13,19H,6,11-12,14H2,(H,25,30)(H,27,29). The lowest BCUT2D eigenvalue weighted by Gasteiger charge is -2.24. The van der Waals surface area contributed by atoms with Crippen molar-refractivity contribution in [3.05, 3.63) is 93.7 Å². The average molecular weight is 399 g/mol. The first-order valence-electron chi connectivity index (χ1n) is 10.1. The molecule has 1 atom stereocenters. The van der Waals surface area contributed by atoms with E-state index in [0.29, 0.717) is 17.3 Å². The molecular formula is C23H21N5O2. The van der Waals surface area contributed by atoms with Crippen molar-refractivity contribution < 1.29 is 4.79 Å². The van der Waals surface area contributed by atoms with Crippen LogP contribution in [0.25, 0.3) is 10.8 Å². The molecule has 2 heterocycles. The molecule has 1 amide bonds. The SMILES string of the molecule is O=C(NC1CCCc2c1cnn2Cc1ccccc1)c1n[nH]c(=O)c2ccccc12. The number of nitrogens with zero attached hydrogens (tertiary/aromatic N) is 3. The second kappa shape index (κ2) is 7.59. The number of rotatable bonds is 4. The van der Waals surface area contributed by atoms with Crippen LogP contribution in [0.15, 0.2) is 65.6 Å². The number of hydrogen-bond donors (Lipinski definition) is 2. The van der Waals surface area contributed by atoms with Gasteiger partial charge in [0.25, 0.3) is 11.5 Å². The minimum atomic E-state index is -0.302. The van der Waals surface area contributed by atoms with Crippen LogP contribution in [0.3, 0.4) is 0 Å². The van der Waals surface area contributed by atoms with Gasteiger partial charge >= 0.3 is 0 Å². The van der Waals surface area contributed by atoms with Crippen molar-refractivity contribution in [3.63, 3.8) is 0 Å². The fourth-order valence-electron chi connectivity index (χ4n) is 4.18. The molecule has 7 heteroatoms. The number of benzene rings is 2. The number of fused-ring (bicyclic) bond motifs is 2. The van der Waals surface area contributed by atoms with Gasteiger partial charge in [0.1, 0.15) is 0 Å². The Morgan fingerprint density at radius 2 is 1.87 bits per heavy atom. The molecule has 7 nitrogen and oxygen atoms in total. The minimum Gasteiger partial charge on any atom is -0.344 e. The number of H-pyrrole nitrogens is 1. The summed E-state index contributed by atoms with van der Waals surface area (Å²) in [5.74, 6) is -0.295. The molecule has 1 unspecified atom stereocenters. The number of nitrogens with one attached hydrogen (secondary N) is 2. The van der Waals surface area contributed by atoms with Gasteiger partial charge in [-0.05, 0) is 30.9 Å². The van der Waals surface area contributed by atoms with E-state index < -0.39 is 0 Å². The number of amides is 1. The van der Waals surface area contributed by atoms with Gasteiger partial charge in [0.05, 0.1) is 24.2 Å². The minimum absolute atomic E-state index is 0.127. The molecule has 2 aromatic carbocycles. The van der Waals surface area contributed by atoms with Crippen LogP contribution < -0.4 is 10.9 Å². The van der Waals surface area contributed by atoms with Crippen molar-refractivity contribution in [2.45, 2.75) is 31.8 Å². The van der Waals surface area contributed by atoms with Gasteiger partial charge in [-0.2, -0.15) is 10.2 Å². The second-order valence-electron chi connectivity index (χ2n) is 7.56. The van der Waals surface area contributed by atoms with Crippen LogP contribution in [0.5, 0.6) is 0 Å². The fourth-order valence-corrected chi connectivity index (χ4v) is 4.18.